The smallest absolute Gasteiger partial charge is 0.150 e. The molecule has 0 unspecified atom stereocenters. The van der Waals surface area contributed by atoms with E-state index in [1.165, 1.54) is 5.69 Å². The molecule has 0 spiro atoms. The van der Waals surface area contributed by atoms with Crippen LogP contribution in [0.2, 0.25) is 0 Å². The van der Waals surface area contributed by atoms with Crippen LogP contribution in [0, 0.1) is 5.92 Å². The molecule has 0 radical (unpaired) electrons. The van der Waals surface area contributed by atoms with Gasteiger partial charge in [-0.15, -0.1) is 0 Å². The number of rotatable bonds is 6. The van der Waals surface area contributed by atoms with Crippen molar-refractivity contribution in [2.75, 3.05) is 37.6 Å². The van der Waals surface area contributed by atoms with E-state index < -0.39 is 0 Å². The van der Waals surface area contributed by atoms with E-state index in [2.05, 4.69) is 9.80 Å². The molecule has 0 aliphatic carbocycles. The van der Waals surface area contributed by atoms with Crippen molar-refractivity contribution in [1.29, 1.82) is 0 Å². The van der Waals surface area contributed by atoms with Gasteiger partial charge in [0.1, 0.15) is 12.1 Å². The van der Waals surface area contributed by atoms with Crippen LogP contribution in [-0.2, 0) is 4.79 Å². The van der Waals surface area contributed by atoms with Gasteiger partial charge >= 0.3 is 0 Å². The lowest BCUT2D eigenvalue weighted by Gasteiger charge is -2.36. The Hall–Kier alpha value is -1.68. The van der Waals surface area contributed by atoms with Crippen LogP contribution in [0.15, 0.2) is 24.3 Å². The van der Waals surface area contributed by atoms with Gasteiger partial charge in [0, 0.05) is 56.3 Å². The fourth-order valence-corrected chi connectivity index (χ4v) is 2.55. The van der Waals surface area contributed by atoms with Crippen molar-refractivity contribution in [3.8, 4) is 0 Å². The summed E-state index contributed by atoms with van der Waals surface area (Å²) in [6.45, 7) is 8.70. The van der Waals surface area contributed by atoms with Crippen molar-refractivity contribution in [2.24, 2.45) is 5.92 Å². The number of aldehydes is 1. The molecule has 1 aromatic rings. The average molecular weight is 288 g/mol. The quantitative estimate of drug-likeness (QED) is 0.753. The number of piperazine rings is 1. The van der Waals surface area contributed by atoms with E-state index in [1.54, 1.807) is 0 Å². The molecule has 0 N–H and O–H groups in total. The third-order valence-electron chi connectivity index (χ3n) is 4.08. The van der Waals surface area contributed by atoms with Crippen LogP contribution in [0.5, 0.6) is 0 Å². The molecule has 1 aliphatic heterocycles. The van der Waals surface area contributed by atoms with Gasteiger partial charge < -0.3 is 4.90 Å². The lowest BCUT2D eigenvalue weighted by atomic mass is 10.1. The molecule has 0 saturated carbocycles. The molecule has 0 atom stereocenters. The summed E-state index contributed by atoms with van der Waals surface area (Å²) in [5.41, 5.74) is 1.88. The Kier molecular flexibility index (Phi) is 5.51. The number of benzene rings is 1. The number of carbonyl (C=O) groups is 2. The lowest BCUT2D eigenvalue weighted by molar-refractivity contribution is -0.122. The summed E-state index contributed by atoms with van der Waals surface area (Å²) in [6, 6.07) is 7.72. The zero-order valence-corrected chi connectivity index (χ0v) is 12.9. The molecule has 1 aromatic carbocycles. The van der Waals surface area contributed by atoms with Gasteiger partial charge in [0.25, 0.3) is 0 Å². The second-order valence-electron chi connectivity index (χ2n) is 5.91. The van der Waals surface area contributed by atoms with Crippen LogP contribution in [0.4, 0.5) is 5.69 Å². The van der Waals surface area contributed by atoms with Crippen LogP contribution in [-0.4, -0.2) is 49.7 Å². The Morgan fingerprint density at radius 1 is 1.14 bits per heavy atom. The molecule has 21 heavy (non-hydrogen) atoms. The van der Waals surface area contributed by atoms with Crippen LogP contribution in [0.25, 0.3) is 0 Å². The molecule has 0 amide bonds. The maximum atomic E-state index is 11.7. The minimum Gasteiger partial charge on any atom is -0.369 e. The molecule has 4 heteroatoms. The summed E-state index contributed by atoms with van der Waals surface area (Å²) in [5, 5.41) is 0. The Labute approximate surface area is 126 Å². The van der Waals surface area contributed by atoms with Gasteiger partial charge in [-0.05, 0) is 24.3 Å². The summed E-state index contributed by atoms with van der Waals surface area (Å²) in [6.07, 6.45) is 1.53. The van der Waals surface area contributed by atoms with Gasteiger partial charge in [-0.3, -0.25) is 14.5 Å². The number of Topliss-reactive ketones (excluding diaryl/α,β-unsaturated/α-hetero) is 1. The molecule has 0 bridgehead atoms. The van der Waals surface area contributed by atoms with Crippen molar-refractivity contribution in [1.82, 2.24) is 4.90 Å². The maximum absolute atomic E-state index is 11.7. The summed E-state index contributed by atoms with van der Waals surface area (Å²) < 4.78 is 0. The molecular formula is C17H24N2O2. The average Bonchev–Trinajstić information content (AvgIpc) is 2.53. The van der Waals surface area contributed by atoms with Crippen molar-refractivity contribution < 1.29 is 9.59 Å². The molecule has 1 aliphatic rings. The largest absolute Gasteiger partial charge is 0.369 e. The molecule has 0 aromatic heterocycles. The minimum atomic E-state index is 0.141. The highest BCUT2D eigenvalue weighted by molar-refractivity contribution is 5.80. The SMILES string of the molecule is CC(C)C(=O)CCN1CCN(c2ccc(C=O)cc2)CC1. The Morgan fingerprint density at radius 2 is 1.76 bits per heavy atom. The number of hydrogen-bond acceptors (Lipinski definition) is 4. The first-order valence-electron chi connectivity index (χ1n) is 7.65. The Morgan fingerprint density at radius 3 is 2.29 bits per heavy atom. The molecule has 1 saturated heterocycles. The fraction of sp³-hybridized carbons (Fsp3) is 0.529. The first kappa shape index (κ1) is 15.7. The molecule has 114 valence electrons. The third-order valence-corrected chi connectivity index (χ3v) is 4.08. The van der Waals surface area contributed by atoms with Gasteiger partial charge in [-0.2, -0.15) is 0 Å². The monoisotopic (exact) mass is 288 g/mol. The highest BCUT2D eigenvalue weighted by atomic mass is 16.1. The van der Waals surface area contributed by atoms with Crippen LogP contribution in [0.1, 0.15) is 30.6 Å². The summed E-state index contributed by atoms with van der Waals surface area (Å²) in [4.78, 5) is 27.0. The second-order valence-corrected chi connectivity index (χ2v) is 5.91. The highest BCUT2D eigenvalue weighted by Gasteiger charge is 2.18. The molecule has 1 fully saturated rings. The molecule has 4 nitrogen and oxygen atoms in total. The van der Waals surface area contributed by atoms with E-state index in [9.17, 15) is 9.59 Å². The fourth-order valence-electron chi connectivity index (χ4n) is 2.55. The van der Waals surface area contributed by atoms with E-state index in [0.29, 0.717) is 17.8 Å². The van der Waals surface area contributed by atoms with Crippen LogP contribution in [0.3, 0.4) is 0 Å². The van der Waals surface area contributed by atoms with E-state index >= 15 is 0 Å². The van der Waals surface area contributed by atoms with Crippen LogP contribution < -0.4 is 4.90 Å². The van der Waals surface area contributed by atoms with Crippen molar-refractivity contribution >= 4 is 17.8 Å². The number of carbonyl (C=O) groups excluding carboxylic acids is 2. The van der Waals surface area contributed by atoms with Gasteiger partial charge in [0.2, 0.25) is 0 Å². The predicted octanol–water partition coefficient (Wildman–Crippen LogP) is 2.24. The van der Waals surface area contributed by atoms with E-state index in [0.717, 1.165) is 39.0 Å². The normalized spacial score (nSPS) is 16.2. The number of nitrogens with zero attached hydrogens (tertiary/aromatic N) is 2. The lowest BCUT2D eigenvalue weighted by Crippen LogP contribution is -2.47. The summed E-state index contributed by atoms with van der Waals surface area (Å²) in [7, 11) is 0. The van der Waals surface area contributed by atoms with Crippen molar-refractivity contribution in [2.45, 2.75) is 20.3 Å². The van der Waals surface area contributed by atoms with Gasteiger partial charge in [0.15, 0.2) is 0 Å². The van der Waals surface area contributed by atoms with E-state index in [1.807, 2.05) is 38.1 Å². The summed E-state index contributed by atoms with van der Waals surface area (Å²) in [5.74, 6) is 0.490. The third kappa shape index (κ3) is 4.39. The zero-order chi connectivity index (χ0) is 15.2. The standard InChI is InChI=1S/C17H24N2O2/c1-14(2)17(21)7-8-18-9-11-19(12-10-18)16-5-3-15(13-20)4-6-16/h3-6,13-14H,7-12H2,1-2H3. The first-order chi connectivity index (χ1) is 10.1. The minimum absolute atomic E-state index is 0.141. The molecular weight excluding hydrogens is 264 g/mol. The Balaban J connectivity index is 1.79. The Bertz CT molecular complexity index is 474. The van der Waals surface area contributed by atoms with Crippen LogP contribution >= 0.6 is 0 Å². The van der Waals surface area contributed by atoms with Gasteiger partial charge in [0.05, 0.1) is 0 Å². The topological polar surface area (TPSA) is 40.6 Å². The van der Waals surface area contributed by atoms with Gasteiger partial charge in [-0.25, -0.2) is 0 Å². The predicted molar refractivity (Wildman–Crippen MR) is 84.9 cm³/mol. The molecule has 2 rings (SSSR count). The number of anilines is 1. The van der Waals surface area contributed by atoms with Crippen molar-refractivity contribution in [3.63, 3.8) is 0 Å². The second kappa shape index (κ2) is 7.36. The first-order valence-corrected chi connectivity index (χ1v) is 7.65. The number of hydrogen-bond donors (Lipinski definition) is 0. The van der Waals surface area contributed by atoms with E-state index in [4.69, 9.17) is 0 Å². The summed E-state index contributed by atoms with van der Waals surface area (Å²) >= 11 is 0. The highest BCUT2D eigenvalue weighted by Crippen LogP contribution is 2.17. The molecule has 1 heterocycles. The number of ketones is 1. The van der Waals surface area contributed by atoms with Gasteiger partial charge in [-0.1, -0.05) is 13.8 Å². The van der Waals surface area contributed by atoms with Crippen molar-refractivity contribution in [3.05, 3.63) is 29.8 Å². The maximum Gasteiger partial charge on any atom is 0.150 e. The van der Waals surface area contributed by atoms with E-state index in [-0.39, 0.29) is 5.92 Å². The zero-order valence-electron chi connectivity index (χ0n) is 12.9.